The fourth-order valence-corrected chi connectivity index (χ4v) is 2.48. The molecule has 0 radical (unpaired) electrons. The molecule has 19 heavy (non-hydrogen) atoms. The number of rotatable bonds is 1. The molecule has 0 amide bonds. The van der Waals surface area contributed by atoms with Crippen LogP contribution < -0.4 is 17.0 Å². The lowest BCUT2D eigenvalue weighted by molar-refractivity contribution is -0.00000356. The summed E-state index contributed by atoms with van der Waals surface area (Å²) < 4.78 is 2.04. The highest BCUT2D eigenvalue weighted by Gasteiger charge is 2.09. The highest BCUT2D eigenvalue weighted by molar-refractivity contribution is 6.36. The van der Waals surface area contributed by atoms with E-state index in [2.05, 4.69) is 4.98 Å². The Morgan fingerprint density at radius 2 is 1.89 bits per heavy atom. The number of hydrogen-bond acceptors (Lipinski definition) is 1. The molecule has 0 saturated carbocycles. The Morgan fingerprint density at radius 1 is 1.11 bits per heavy atom. The van der Waals surface area contributed by atoms with Gasteiger partial charge in [-0.15, -0.1) is 0 Å². The van der Waals surface area contributed by atoms with E-state index in [1.54, 1.807) is 6.07 Å². The van der Waals surface area contributed by atoms with Crippen molar-refractivity contribution in [3.63, 3.8) is 0 Å². The summed E-state index contributed by atoms with van der Waals surface area (Å²) in [6.45, 7) is 2.04. The smallest absolute Gasteiger partial charge is 0.137 e. The Morgan fingerprint density at radius 3 is 2.58 bits per heavy atom. The summed E-state index contributed by atoms with van der Waals surface area (Å²) in [6.07, 6.45) is 1.99. The Bertz CT molecular complexity index is 737. The van der Waals surface area contributed by atoms with Crippen molar-refractivity contribution in [2.75, 3.05) is 0 Å². The molecule has 0 aliphatic rings. The van der Waals surface area contributed by atoms with E-state index in [4.69, 9.17) is 23.2 Å². The quantitative estimate of drug-likeness (QED) is 0.647. The largest absolute Gasteiger partial charge is 1.00 e. The molecule has 0 N–H and O–H groups in total. The monoisotopic (exact) mass is 355 g/mol. The summed E-state index contributed by atoms with van der Waals surface area (Å²) >= 11 is 12.1. The van der Waals surface area contributed by atoms with Gasteiger partial charge < -0.3 is 21.4 Å². The second-order valence-electron chi connectivity index (χ2n) is 4.15. The zero-order valence-electron chi connectivity index (χ0n) is 10.1. The van der Waals surface area contributed by atoms with Gasteiger partial charge in [-0.05, 0) is 37.3 Å². The maximum atomic E-state index is 6.20. The van der Waals surface area contributed by atoms with E-state index in [0.29, 0.717) is 10.0 Å². The maximum Gasteiger partial charge on any atom is 0.137 e. The SMILES string of the molecule is Cc1cccc2nc(-c3ccc(Cl)cc3Cl)cn12.[Br-]. The van der Waals surface area contributed by atoms with E-state index < -0.39 is 0 Å². The highest BCUT2D eigenvalue weighted by atomic mass is 79.9. The number of fused-ring (bicyclic) bond motifs is 1. The summed E-state index contributed by atoms with van der Waals surface area (Å²) in [5.74, 6) is 0. The number of nitrogens with zero attached hydrogens (tertiary/aromatic N) is 2. The van der Waals surface area contributed by atoms with Crippen molar-refractivity contribution in [2.24, 2.45) is 0 Å². The molecule has 0 aliphatic heterocycles. The first-order chi connectivity index (χ1) is 8.65. The van der Waals surface area contributed by atoms with Crippen LogP contribution in [0.15, 0.2) is 42.6 Å². The van der Waals surface area contributed by atoms with Crippen LogP contribution in [0.4, 0.5) is 0 Å². The van der Waals surface area contributed by atoms with Crippen LogP contribution in [0.3, 0.4) is 0 Å². The Hall–Kier alpha value is -1.03. The molecule has 0 spiro atoms. The minimum atomic E-state index is 0. The predicted molar refractivity (Wildman–Crippen MR) is 75.4 cm³/mol. The van der Waals surface area contributed by atoms with Gasteiger partial charge in [0.1, 0.15) is 5.65 Å². The van der Waals surface area contributed by atoms with Crippen LogP contribution >= 0.6 is 23.2 Å². The van der Waals surface area contributed by atoms with Crippen molar-refractivity contribution in [3.8, 4) is 11.3 Å². The van der Waals surface area contributed by atoms with Crippen LogP contribution in [0.5, 0.6) is 0 Å². The Kier molecular flexibility index (Phi) is 4.19. The van der Waals surface area contributed by atoms with Gasteiger partial charge in [0.2, 0.25) is 0 Å². The Labute approximate surface area is 131 Å². The summed E-state index contributed by atoms with van der Waals surface area (Å²) in [5, 5.41) is 1.24. The molecule has 0 saturated heterocycles. The predicted octanol–water partition coefficient (Wildman–Crippen LogP) is 1.62. The van der Waals surface area contributed by atoms with Gasteiger partial charge in [0, 0.05) is 22.5 Å². The number of halogens is 3. The van der Waals surface area contributed by atoms with E-state index in [1.165, 1.54) is 0 Å². The minimum absolute atomic E-state index is 0. The van der Waals surface area contributed by atoms with Crippen LogP contribution in [0.25, 0.3) is 16.9 Å². The lowest BCUT2D eigenvalue weighted by atomic mass is 10.2. The van der Waals surface area contributed by atoms with Crippen molar-refractivity contribution in [1.82, 2.24) is 9.38 Å². The van der Waals surface area contributed by atoms with Crippen LogP contribution in [-0.2, 0) is 0 Å². The van der Waals surface area contributed by atoms with Crippen molar-refractivity contribution in [3.05, 3.63) is 58.3 Å². The third-order valence-corrected chi connectivity index (χ3v) is 3.45. The second kappa shape index (κ2) is 5.53. The van der Waals surface area contributed by atoms with Gasteiger partial charge in [-0.3, -0.25) is 0 Å². The van der Waals surface area contributed by atoms with Gasteiger partial charge in [0.25, 0.3) is 0 Å². The first-order valence-corrected chi connectivity index (χ1v) is 6.31. The fraction of sp³-hybridized carbons (Fsp3) is 0.0714. The number of benzene rings is 1. The highest BCUT2D eigenvalue weighted by Crippen LogP contribution is 2.30. The van der Waals surface area contributed by atoms with E-state index in [0.717, 1.165) is 22.6 Å². The number of pyridine rings is 1. The van der Waals surface area contributed by atoms with Gasteiger partial charge in [-0.2, -0.15) is 0 Å². The number of aryl methyl sites for hydroxylation is 1. The number of hydrogen-bond donors (Lipinski definition) is 0. The normalized spacial score (nSPS) is 10.5. The summed E-state index contributed by atoms with van der Waals surface area (Å²) in [7, 11) is 0. The topological polar surface area (TPSA) is 17.3 Å². The van der Waals surface area contributed by atoms with Gasteiger partial charge in [0.05, 0.1) is 10.7 Å². The number of imidazole rings is 1. The zero-order valence-corrected chi connectivity index (χ0v) is 13.2. The average molecular weight is 357 g/mol. The van der Waals surface area contributed by atoms with Crippen LogP contribution in [-0.4, -0.2) is 9.38 Å². The summed E-state index contributed by atoms with van der Waals surface area (Å²) in [5.41, 5.74) is 3.79. The van der Waals surface area contributed by atoms with Crippen molar-refractivity contribution in [2.45, 2.75) is 6.92 Å². The lowest BCUT2D eigenvalue weighted by Gasteiger charge is -2.00. The molecule has 0 fully saturated rings. The Balaban J connectivity index is 0.00000133. The minimum Gasteiger partial charge on any atom is -1.00 e. The molecule has 1 aromatic carbocycles. The van der Waals surface area contributed by atoms with Gasteiger partial charge in [-0.25, -0.2) is 4.98 Å². The standard InChI is InChI=1S/C14H10Cl2N2.BrH/c1-9-3-2-4-14-17-13(8-18(9)14)11-6-5-10(15)7-12(11)16;/h2-8H,1H3;1H/p-1. The van der Waals surface area contributed by atoms with E-state index in [9.17, 15) is 0 Å². The molecule has 0 unspecified atom stereocenters. The molecule has 98 valence electrons. The van der Waals surface area contributed by atoms with Gasteiger partial charge in [0.15, 0.2) is 0 Å². The average Bonchev–Trinajstić information content (AvgIpc) is 2.74. The van der Waals surface area contributed by atoms with Gasteiger partial charge >= 0.3 is 0 Å². The molecule has 0 atom stereocenters. The molecule has 5 heteroatoms. The third-order valence-electron chi connectivity index (χ3n) is 2.90. The lowest BCUT2D eigenvalue weighted by Crippen LogP contribution is -3.00. The first-order valence-electron chi connectivity index (χ1n) is 5.55. The third kappa shape index (κ3) is 2.64. The molecule has 0 aliphatic carbocycles. The van der Waals surface area contributed by atoms with Crippen molar-refractivity contribution < 1.29 is 17.0 Å². The van der Waals surface area contributed by atoms with E-state index >= 15 is 0 Å². The first kappa shape index (κ1) is 14.4. The molecular weight excluding hydrogens is 347 g/mol. The molecule has 2 nitrogen and oxygen atoms in total. The second-order valence-corrected chi connectivity index (χ2v) is 4.99. The van der Waals surface area contributed by atoms with Crippen molar-refractivity contribution in [1.29, 1.82) is 0 Å². The summed E-state index contributed by atoms with van der Waals surface area (Å²) in [4.78, 5) is 4.57. The molecular formula is C14H10BrCl2N2-. The summed E-state index contributed by atoms with van der Waals surface area (Å²) in [6, 6.07) is 11.4. The van der Waals surface area contributed by atoms with E-state index in [1.807, 2.05) is 47.9 Å². The molecule has 0 bridgehead atoms. The molecule has 2 aromatic heterocycles. The molecule has 2 heterocycles. The molecule has 3 aromatic rings. The van der Waals surface area contributed by atoms with Crippen LogP contribution in [0.2, 0.25) is 10.0 Å². The van der Waals surface area contributed by atoms with Crippen LogP contribution in [0, 0.1) is 6.92 Å². The van der Waals surface area contributed by atoms with Crippen molar-refractivity contribution >= 4 is 28.8 Å². The zero-order chi connectivity index (χ0) is 12.7. The fourth-order valence-electron chi connectivity index (χ4n) is 1.98. The number of aromatic nitrogens is 2. The maximum absolute atomic E-state index is 6.20. The molecule has 3 rings (SSSR count). The van der Waals surface area contributed by atoms with E-state index in [-0.39, 0.29) is 17.0 Å². The van der Waals surface area contributed by atoms with Gasteiger partial charge in [-0.1, -0.05) is 29.3 Å². The van der Waals surface area contributed by atoms with Crippen LogP contribution in [0.1, 0.15) is 5.69 Å².